The number of carbonyl (C=O) groups excluding carboxylic acids is 1. The quantitative estimate of drug-likeness (QED) is 0.849. The van der Waals surface area contributed by atoms with Gasteiger partial charge in [-0.2, -0.15) is 0 Å². The standard InChI is InChI=1S/C14H11Cl2FN2O3S/c1-8(20)18-14-5-2-9(6-12(14)16)19-23(21,22)10-3-4-13(17)11(15)7-10/h2-7,19H,1H3,(H,18,20). The summed E-state index contributed by atoms with van der Waals surface area (Å²) in [5.74, 6) is -1.02. The van der Waals surface area contributed by atoms with Crippen LogP contribution >= 0.6 is 23.2 Å². The number of sulfonamides is 1. The summed E-state index contributed by atoms with van der Waals surface area (Å²) in [6.45, 7) is 1.32. The van der Waals surface area contributed by atoms with E-state index in [0.717, 1.165) is 18.2 Å². The van der Waals surface area contributed by atoms with E-state index in [1.807, 2.05) is 0 Å². The fourth-order valence-electron chi connectivity index (χ4n) is 1.73. The first kappa shape index (κ1) is 17.5. The molecule has 23 heavy (non-hydrogen) atoms. The van der Waals surface area contributed by atoms with Crippen molar-refractivity contribution in [3.8, 4) is 0 Å². The van der Waals surface area contributed by atoms with E-state index in [1.165, 1.54) is 25.1 Å². The Balaban J connectivity index is 2.28. The summed E-state index contributed by atoms with van der Waals surface area (Å²) in [5.41, 5.74) is 0.538. The number of benzene rings is 2. The van der Waals surface area contributed by atoms with Crippen molar-refractivity contribution < 1.29 is 17.6 Å². The zero-order valence-electron chi connectivity index (χ0n) is 11.7. The number of anilines is 2. The molecule has 1 amide bonds. The highest BCUT2D eigenvalue weighted by molar-refractivity contribution is 7.92. The van der Waals surface area contributed by atoms with E-state index in [1.54, 1.807) is 0 Å². The molecule has 2 aromatic rings. The molecule has 2 rings (SSSR count). The van der Waals surface area contributed by atoms with E-state index in [2.05, 4.69) is 10.0 Å². The Morgan fingerprint density at radius 3 is 2.35 bits per heavy atom. The van der Waals surface area contributed by atoms with Crippen molar-refractivity contribution in [3.05, 3.63) is 52.3 Å². The molecular formula is C14H11Cl2FN2O3S. The topological polar surface area (TPSA) is 75.3 Å². The molecule has 0 saturated carbocycles. The van der Waals surface area contributed by atoms with Crippen LogP contribution in [0.15, 0.2) is 41.3 Å². The Labute approximate surface area is 142 Å². The first-order valence-corrected chi connectivity index (χ1v) is 8.48. The molecule has 0 heterocycles. The van der Waals surface area contributed by atoms with Crippen molar-refractivity contribution in [1.29, 1.82) is 0 Å². The average molecular weight is 377 g/mol. The fourth-order valence-corrected chi connectivity index (χ4v) is 3.28. The highest BCUT2D eigenvalue weighted by Crippen LogP contribution is 2.27. The van der Waals surface area contributed by atoms with Gasteiger partial charge in [-0.15, -0.1) is 0 Å². The second-order valence-corrected chi connectivity index (χ2v) is 7.05. The summed E-state index contributed by atoms with van der Waals surface area (Å²) in [6, 6.07) is 7.29. The minimum Gasteiger partial charge on any atom is -0.325 e. The summed E-state index contributed by atoms with van der Waals surface area (Å²) in [7, 11) is -3.95. The lowest BCUT2D eigenvalue weighted by molar-refractivity contribution is -0.114. The molecule has 2 aromatic carbocycles. The van der Waals surface area contributed by atoms with Gasteiger partial charge < -0.3 is 5.32 Å². The Hall–Kier alpha value is -1.83. The van der Waals surface area contributed by atoms with Crippen molar-refractivity contribution in [2.24, 2.45) is 0 Å². The van der Waals surface area contributed by atoms with Gasteiger partial charge in [0.25, 0.3) is 10.0 Å². The summed E-state index contributed by atoms with van der Waals surface area (Å²) >= 11 is 11.6. The number of amides is 1. The van der Waals surface area contributed by atoms with Crippen LogP contribution < -0.4 is 10.0 Å². The van der Waals surface area contributed by atoms with Gasteiger partial charge in [0, 0.05) is 6.92 Å². The Bertz CT molecular complexity index is 872. The molecule has 0 aliphatic carbocycles. The van der Waals surface area contributed by atoms with Gasteiger partial charge in [-0.05, 0) is 36.4 Å². The summed E-state index contributed by atoms with van der Waals surface area (Å²) in [5, 5.41) is 2.37. The van der Waals surface area contributed by atoms with E-state index >= 15 is 0 Å². The van der Waals surface area contributed by atoms with Gasteiger partial charge >= 0.3 is 0 Å². The lowest BCUT2D eigenvalue weighted by Gasteiger charge is -2.11. The minimum absolute atomic E-state index is 0.164. The largest absolute Gasteiger partial charge is 0.325 e. The van der Waals surface area contributed by atoms with Crippen molar-refractivity contribution >= 4 is 50.5 Å². The van der Waals surface area contributed by atoms with Crippen LogP contribution in [0.3, 0.4) is 0 Å². The van der Waals surface area contributed by atoms with Gasteiger partial charge in [0.2, 0.25) is 5.91 Å². The second-order valence-electron chi connectivity index (χ2n) is 4.56. The van der Waals surface area contributed by atoms with Crippen LogP contribution in [-0.2, 0) is 14.8 Å². The summed E-state index contributed by atoms with van der Waals surface area (Å²) in [6.07, 6.45) is 0. The van der Waals surface area contributed by atoms with Crippen LogP contribution in [0.25, 0.3) is 0 Å². The van der Waals surface area contributed by atoms with Crippen molar-refractivity contribution in [2.45, 2.75) is 11.8 Å². The van der Waals surface area contributed by atoms with Crippen LogP contribution in [0.1, 0.15) is 6.92 Å². The van der Waals surface area contributed by atoms with Crippen LogP contribution in [0.2, 0.25) is 10.0 Å². The van der Waals surface area contributed by atoms with E-state index in [-0.39, 0.29) is 26.5 Å². The van der Waals surface area contributed by atoms with Gasteiger partial charge in [-0.25, -0.2) is 12.8 Å². The third-order valence-electron chi connectivity index (χ3n) is 2.73. The lowest BCUT2D eigenvalue weighted by Crippen LogP contribution is -2.13. The Kier molecular flexibility index (Phi) is 5.13. The van der Waals surface area contributed by atoms with Crippen molar-refractivity contribution in [1.82, 2.24) is 0 Å². The van der Waals surface area contributed by atoms with Crippen molar-refractivity contribution in [3.63, 3.8) is 0 Å². The van der Waals surface area contributed by atoms with Gasteiger partial charge in [-0.3, -0.25) is 9.52 Å². The molecule has 0 saturated heterocycles. The fraction of sp³-hybridized carbons (Fsp3) is 0.0714. The number of hydrogen-bond donors (Lipinski definition) is 2. The number of carbonyl (C=O) groups is 1. The molecule has 5 nitrogen and oxygen atoms in total. The molecule has 9 heteroatoms. The maximum atomic E-state index is 13.1. The molecule has 122 valence electrons. The number of hydrogen-bond acceptors (Lipinski definition) is 3. The zero-order valence-corrected chi connectivity index (χ0v) is 14.1. The predicted molar refractivity (Wildman–Crippen MR) is 88.0 cm³/mol. The maximum Gasteiger partial charge on any atom is 0.261 e. The molecule has 0 atom stereocenters. The van der Waals surface area contributed by atoms with E-state index in [9.17, 15) is 17.6 Å². The van der Waals surface area contributed by atoms with Crippen molar-refractivity contribution in [2.75, 3.05) is 10.0 Å². The molecule has 2 N–H and O–H groups in total. The lowest BCUT2D eigenvalue weighted by atomic mass is 10.3. The maximum absolute atomic E-state index is 13.1. The van der Waals surface area contributed by atoms with E-state index in [0.29, 0.717) is 5.69 Å². The average Bonchev–Trinajstić information content (AvgIpc) is 2.44. The number of rotatable bonds is 4. The summed E-state index contributed by atoms with van der Waals surface area (Å²) in [4.78, 5) is 10.8. The van der Waals surface area contributed by atoms with E-state index in [4.69, 9.17) is 23.2 Å². The minimum atomic E-state index is -3.95. The highest BCUT2D eigenvalue weighted by Gasteiger charge is 2.16. The monoisotopic (exact) mass is 376 g/mol. The van der Waals surface area contributed by atoms with Gasteiger partial charge in [0.1, 0.15) is 5.82 Å². The SMILES string of the molecule is CC(=O)Nc1ccc(NS(=O)(=O)c2ccc(F)c(Cl)c2)cc1Cl. The summed E-state index contributed by atoms with van der Waals surface area (Å²) < 4.78 is 39.9. The molecule has 0 aliphatic heterocycles. The zero-order chi connectivity index (χ0) is 17.2. The number of nitrogens with one attached hydrogen (secondary N) is 2. The smallest absolute Gasteiger partial charge is 0.261 e. The molecule has 0 unspecified atom stereocenters. The first-order valence-electron chi connectivity index (χ1n) is 6.24. The van der Waals surface area contributed by atoms with E-state index < -0.39 is 15.8 Å². The molecule has 0 aliphatic rings. The molecule has 0 aromatic heterocycles. The van der Waals surface area contributed by atoms with Crippen LogP contribution in [-0.4, -0.2) is 14.3 Å². The number of halogens is 3. The Morgan fingerprint density at radius 1 is 1.09 bits per heavy atom. The van der Waals surface area contributed by atoms with Gasteiger partial charge in [0.15, 0.2) is 0 Å². The third kappa shape index (κ3) is 4.34. The third-order valence-corrected chi connectivity index (χ3v) is 4.71. The first-order chi connectivity index (χ1) is 10.7. The second kappa shape index (κ2) is 6.74. The van der Waals surface area contributed by atoms with Gasteiger partial charge in [0.05, 0.1) is 26.3 Å². The molecule has 0 bridgehead atoms. The molecule has 0 fully saturated rings. The molecular weight excluding hydrogens is 366 g/mol. The normalized spacial score (nSPS) is 11.1. The molecule has 0 spiro atoms. The van der Waals surface area contributed by atoms with Crippen LogP contribution in [0.5, 0.6) is 0 Å². The van der Waals surface area contributed by atoms with Gasteiger partial charge in [-0.1, -0.05) is 23.2 Å². The molecule has 0 radical (unpaired) electrons. The van der Waals surface area contributed by atoms with Crippen LogP contribution in [0, 0.1) is 5.82 Å². The predicted octanol–water partition coefficient (Wildman–Crippen LogP) is 3.89. The highest BCUT2D eigenvalue weighted by atomic mass is 35.5. The Morgan fingerprint density at radius 2 is 1.78 bits per heavy atom. The van der Waals surface area contributed by atoms with Crippen LogP contribution in [0.4, 0.5) is 15.8 Å².